The van der Waals surface area contributed by atoms with Gasteiger partial charge in [0, 0.05) is 12.7 Å². The van der Waals surface area contributed by atoms with E-state index in [-0.39, 0.29) is 11.7 Å². The molecule has 0 radical (unpaired) electrons. The average molecular weight is 276 g/mol. The van der Waals surface area contributed by atoms with Crippen molar-refractivity contribution in [2.75, 3.05) is 6.54 Å². The van der Waals surface area contributed by atoms with Gasteiger partial charge in [0.05, 0.1) is 22.3 Å². The van der Waals surface area contributed by atoms with Crippen LogP contribution in [0.2, 0.25) is 5.02 Å². The molecule has 96 valence electrons. The minimum Gasteiger partial charge on any atom is -0.309 e. The molecule has 1 atom stereocenters. The molecule has 0 saturated heterocycles. The number of nitrogens with zero attached hydrogens (tertiary/aromatic N) is 2. The van der Waals surface area contributed by atoms with Gasteiger partial charge in [0.15, 0.2) is 0 Å². The Balaban J connectivity index is 1.93. The summed E-state index contributed by atoms with van der Waals surface area (Å²) in [7, 11) is 0. The maximum Gasteiger partial charge on any atom is 0.123 e. The lowest BCUT2D eigenvalue weighted by Gasteiger charge is -2.11. The molecule has 0 bridgehead atoms. The van der Waals surface area contributed by atoms with Gasteiger partial charge < -0.3 is 5.43 Å². The van der Waals surface area contributed by atoms with Crippen LogP contribution in [0.3, 0.4) is 0 Å². The van der Waals surface area contributed by atoms with Gasteiger partial charge in [-0.15, -0.1) is 0 Å². The fourth-order valence-corrected chi connectivity index (χ4v) is 2.23. The summed E-state index contributed by atoms with van der Waals surface area (Å²) in [5.74, 6) is -0.195. The lowest BCUT2D eigenvalue weighted by atomic mass is 9.94. The predicted molar refractivity (Wildman–Crippen MR) is 72.9 cm³/mol. The Bertz CT molecular complexity index is 608. The average Bonchev–Trinajstić information content (AvgIpc) is 2.90. The van der Waals surface area contributed by atoms with Gasteiger partial charge in [-0.05, 0) is 29.8 Å². The van der Waals surface area contributed by atoms with Crippen LogP contribution in [0.1, 0.15) is 17.2 Å². The summed E-state index contributed by atoms with van der Waals surface area (Å²) in [5, 5.41) is 4.89. The minimum absolute atomic E-state index is 0.0581. The number of rotatable bonds is 2. The van der Waals surface area contributed by atoms with E-state index in [1.807, 2.05) is 12.1 Å². The van der Waals surface area contributed by atoms with E-state index < -0.39 is 0 Å². The second kappa shape index (κ2) is 4.97. The minimum atomic E-state index is -0.253. The largest absolute Gasteiger partial charge is 0.309 e. The molecule has 0 aliphatic carbocycles. The van der Waals surface area contributed by atoms with Crippen molar-refractivity contribution in [3.05, 3.63) is 64.7 Å². The van der Waals surface area contributed by atoms with Crippen molar-refractivity contribution < 1.29 is 4.39 Å². The SMILES string of the molecule is Fc1ccc(C2=NNCC2c2ccc(Cl)cn2)cc1. The molecule has 1 aromatic carbocycles. The Kier molecular flexibility index (Phi) is 3.17. The molecule has 3 rings (SSSR count). The molecular weight excluding hydrogens is 265 g/mol. The van der Waals surface area contributed by atoms with Crippen molar-refractivity contribution in [1.29, 1.82) is 0 Å². The van der Waals surface area contributed by atoms with Crippen LogP contribution < -0.4 is 5.43 Å². The van der Waals surface area contributed by atoms with Crippen LogP contribution in [0, 0.1) is 5.82 Å². The number of aromatic nitrogens is 1. The molecule has 2 heterocycles. The Morgan fingerprint density at radius 2 is 1.95 bits per heavy atom. The number of hydrogen-bond donors (Lipinski definition) is 1. The molecule has 0 fully saturated rings. The van der Waals surface area contributed by atoms with Crippen LogP contribution >= 0.6 is 11.6 Å². The van der Waals surface area contributed by atoms with Crippen LogP contribution in [0.25, 0.3) is 0 Å². The van der Waals surface area contributed by atoms with Gasteiger partial charge in [-0.25, -0.2) is 4.39 Å². The number of benzene rings is 1. The molecule has 1 aliphatic rings. The summed E-state index contributed by atoms with van der Waals surface area (Å²) in [6, 6.07) is 10.0. The highest BCUT2D eigenvalue weighted by atomic mass is 35.5. The monoisotopic (exact) mass is 275 g/mol. The highest BCUT2D eigenvalue weighted by molar-refractivity contribution is 6.30. The number of nitrogens with one attached hydrogen (secondary N) is 1. The van der Waals surface area contributed by atoms with Crippen LogP contribution in [-0.2, 0) is 0 Å². The van der Waals surface area contributed by atoms with Gasteiger partial charge in [-0.3, -0.25) is 4.98 Å². The zero-order chi connectivity index (χ0) is 13.2. The third kappa shape index (κ3) is 2.44. The highest BCUT2D eigenvalue weighted by Gasteiger charge is 2.25. The lowest BCUT2D eigenvalue weighted by molar-refractivity contribution is 0.627. The van der Waals surface area contributed by atoms with E-state index >= 15 is 0 Å². The summed E-state index contributed by atoms with van der Waals surface area (Å²) in [6.45, 7) is 0.682. The van der Waals surface area contributed by atoms with E-state index in [1.54, 1.807) is 18.3 Å². The molecule has 1 N–H and O–H groups in total. The molecule has 0 saturated carbocycles. The fraction of sp³-hybridized carbons (Fsp3) is 0.143. The first-order valence-electron chi connectivity index (χ1n) is 5.92. The van der Waals surface area contributed by atoms with E-state index in [1.165, 1.54) is 12.1 Å². The molecule has 1 aromatic heterocycles. The standard InChI is InChI=1S/C14H11ClFN3/c15-10-3-6-13(17-7-10)12-8-18-19-14(12)9-1-4-11(16)5-2-9/h1-7,12,18H,8H2. The van der Waals surface area contributed by atoms with Gasteiger partial charge in [-0.2, -0.15) is 5.10 Å². The van der Waals surface area contributed by atoms with Crippen molar-refractivity contribution >= 4 is 17.3 Å². The second-order valence-corrected chi connectivity index (χ2v) is 4.76. The maximum atomic E-state index is 13.0. The predicted octanol–water partition coefficient (Wildman–Crippen LogP) is 2.97. The van der Waals surface area contributed by atoms with Crippen molar-refractivity contribution in [2.24, 2.45) is 5.10 Å². The van der Waals surface area contributed by atoms with E-state index in [2.05, 4.69) is 15.5 Å². The molecule has 2 aromatic rings. The van der Waals surface area contributed by atoms with E-state index in [0.717, 1.165) is 17.0 Å². The third-order valence-electron chi connectivity index (χ3n) is 3.07. The van der Waals surface area contributed by atoms with Crippen LogP contribution in [0.5, 0.6) is 0 Å². The molecule has 5 heteroatoms. The summed E-state index contributed by atoms with van der Waals surface area (Å²) < 4.78 is 13.0. The van der Waals surface area contributed by atoms with E-state index in [0.29, 0.717) is 11.6 Å². The molecule has 19 heavy (non-hydrogen) atoms. The number of hydrazone groups is 1. The summed E-state index contributed by atoms with van der Waals surface area (Å²) in [4.78, 5) is 4.33. The van der Waals surface area contributed by atoms with Gasteiger partial charge in [0.1, 0.15) is 5.82 Å². The second-order valence-electron chi connectivity index (χ2n) is 4.32. The van der Waals surface area contributed by atoms with Gasteiger partial charge >= 0.3 is 0 Å². The lowest BCUT2D eigenvalue weighted by Crippen LogP contribution is -2.15. The smallest absolute Gasteiger partial charge is 0.123 e. The molecular formula is C14H11ClFN3. The molecule has 1 unspecified atom stereocenters. The Labute approximate surface area is 115 Å². The van der Waals surface area contributed by atoms with Crippen LogP contribution in [0.15, 0.2) is 47.7 Å². The molecule has 0 spiro atoms. The quantitative estimate of drug-likeness (QED) is 0.915. The first-order valence-corrected chi connectivity index (χ1v) is 6.29. The Morgan fingerprint density at radius 1 is 1.16 bits per heavy atom. The van der Waals surface area contributed by atoms with Crippen LogP contribution in [0.4, 0.5) is 4.39 Å². The maximum absolute atomic E-state index is 13.0. The number of hydrogen-bond acceptors (Lipinski definition) is 3. The zero-order valence-electron chi connectivity index (χ0n) is 9.98. The first-order chi connectivity index (χ1) is 9.24. The van der Waals surface area contributed by atoms with Crippen LogP contribution in [-0.4, -0.2) is 17.2 Å². The van der Waals surface area contributed by atoms with Gasteiger partial charge in [-0.1, -0.05) is 23.7 Å². The molecule has 3 nitrogen and oxygen atoms in total. The number of pyridine rings is 1. The van der Waals surface area contributed by atoms with Crippen molar-refractivity contribution in [2.45, 2.75) is 5.92 Å². The topological polar surface area (TPSA) is 37.3 Å². The van der Waals surface area contributed by atoms with Crippen molar-refractivity contribution in [3.8, 4) is 0 Å². The summed E-state index contributed by atoms with van der Waals surface area (Å²) in [5.41, 5.74) is 5.64. The van der Waals surface area contributed by atoms with Crippen molar-refractivity contribution in [1.82, 2.24) is 10.4 Å². The molecule has 1 aliphatic heterocycles. The van der Waals surface area contributed by atoms with Gasteiger partial charge in [0.25, 0.3) is 0 Å². The summed E-state index contributed by atoms with van der Waals surface area (Å²) in [6.07, 6.45) is 1.62. The molecule has 0 amide bonds. The van der Waals surface area contributed by atoms with Gasteiger partial charge in [0.2, 0.25) is 0 Å². The Morgan fingerprint density at radius 3 is 2.63 bits per heavy atom. The van der Waals surface area contributed by atoms with Crippen molar-refractivity contribution in [3.63, 3.8) is 0 Å². The normalized spacial score (nSPS) is 18.0. The zero-order valence-corrected chi connectivity index (χ0v) is 10.7. The summed E-state index contributed by atoms with van der Waals surface area (Å²) >= 11 is 5.84. The highest BCUT2D eigenvalue weighted by Crippen LogP contribution is 2.24. The Hall–Kier alpha value is -1.94. The van der Waals surface area contributed by atoms with E-state index in [9.17, 15) is 4.39 Å². The van der Waals surface area contributed by atoms with E-state index in [4.69, 9.17) is 11.6 Å². The first kappa shape index (κ1) is 12.1. The third-order valence-corrected chi connectivity index (χ3v) is 3.30. The number of halogens is 2. The fourth-order valence-electron chi connectivity index (χ4n) is 2.12.